The summed E-state index contributed by atoms with van der Waals surface area (Å²) in [4.78, 5) is 0. The second-order valence-corrected chi connectivity index (χ2v) is 3.92. The molecule has 0 amide bonds. The molecule has 1 aromatic carbocycles. The fourth-order valence-corrected chi connectivity index (χ4v) is 1.99. The summed E-state index contributed by atoms with van der Waals surface area (Å²) in [5.41, 5.74) is 6.56. The zero-order valence-electron chi connectivity index (χ0n) is 9.82. The van der Waals surface area contributed by atoms with E-state index in [2.05, 4.69) is 10.2 Å². The van der Waals surface area contributed by atoms with Crippen LogP contribution in [0.2, 0.25) is 5.02 Å². The highest BCUT2D eigenvalue weighted by molar-refractivity contribution is 6.34. The number of aromatic hydroxyl groups is 1. The van der Waals surface area contributed by atoms with Crippen LogP contribution in [0.25, 0.3) is 11.1 Å². The third kappa shape index (κ3) is 1.80. The Morgan fingerprint density at radius 1 is 1.39 bits per heavy atom. The van der Waals surface area contributed by atoms with E-state index < -0.39 is 0 Å². The number of ether oxygens (including phenoxy) is 2. The average molecular weight is 270 g/mol. The van der Waals surface area contributed by atoms with E-state index in [4.69, 9.17) is 26.8 Å². The number of hydrogen-bond donors (Lipinski definition) is 3. The maximum atomic E-state index is 10.2. The zero-order valence-corrected chi connectivity index (χ0v) is 10.6. The van der Waals surface area contributed by atoms with Gasteiger partial charge in [0.2, 0.25) is 5.75 Å². The number of H-pyrrole nitrogens is 1. The molecule has 0 aliphatic heterocycles. The maximum Gasteiger partial charge on any atom is 0.203 e. The Morgan fingerprint density at radius 2 is 2.11 bits per heavy atom. The number of nitrogens with one attached hydrogen (secondary N) is 1. The molecule has 1 aromatic heterocycles. The first-order valence-corrected chi connectivity index (χ1v) is 5.40. The molecule has 18 heavy (non-hydrogen) atoms. The summed E-state index contributed by atoms with van der Waals surface area (Å²) in [5, 5.41) is 16.8. The topological polar surface area (TPSA) is 93.4 Å². The third-order valence-electron chi connectivity index (χ3n) is 2.53. The first kappa shape index (κ1) is 12.4. The molecule has 4 N–H and O–H groups in total. The maximum absolute atomic E-state index is 10.2. The van der Waals surface area contributed by atoms with Crippen molar-refractivity contribution in [1.29, 1.82) is 0 Å². The Bertz CT molecular complexity index is 583. The number of nitrogens with zero attached hydrogens (tertiary/aromatic N) is 1. The van der Waals surface area contributed by atoms with Crippen molar-refractivity contribution in [3.63, 3.8) is 0 Å². The lowest BCUT2D eigenvalue weighted by Crippen LogP contribution is -1.94. The fraction of sp³-hybridized carbons (Fsp3) is 0.182. The van der Waals surface area contributed by atoms with Gasteiger partial charge in [-0.2, -0.15) is 5.10 Å². The van der Waals surface area contributed by atoms with E-state index in [0.29, 0.717) is 27.7 Å². The number of phenolic OH excluding ortho intramolecular Hbond substituents is 1. The normalized spacial score (nSPS) is 10.4. The highest BCUT2D eigenvalue weighted by atomic mass is 35.5. The molecule has 0 saturated carbocycles. The number of aromatic nitrogens is 2. The van der Waals surface area contributed by atoms with Crippen molar-refractivity contribution in [1.82, 2.24) is 10.2 Å². The van der Waals surface area contributed by atoms with Gasteiger partial charge in [0.1, 0.15) is 5.82 Å². The molecule has 0 aliphatic rings. The van der Waals surface area contributed by atoms with Gasteiger partial charge in [-0.25, -0.2) is 0 Å². The summed E-state index contributed by atoms with van der Waals surface area (Å²) in [7, 11) is 2.88. The van der Waals surface area contributed by atoms with Crippen molar-refractivity contribution < 1.29 is 14.6 Å². The van der Waals surface area contributed by atoms with E-state index in [1.165, 1.54) is 20.4 Å². The minimum Gasteiger partial charge on any atom is -0.504 e. The number of aromatic amines is 1. The van der Waals surface area contributed by atoms with E-state index >= 15 is 0 Å². The first-order valence-electron chi connectivity index (χ1n) is 5.02. The predicted octanol–water partition coefficient (Wildman–Crippen LogP) is 2.04. The van der Waals surface area contributed by atoms with Crippen LogP contribution in [0.15, 0.2) is 12.3 Å². The highest BCUT2D eigenvalue weighted by Crippen LogP contribution is 2.48. The zero-order chi connectivity index (χ0) is 13.3. The molecule has 6 nitrogen and oxygen atoms in total. The number of methoxy groups -OCH3 is 2. The summed E-state index contributed by atoms with van der Waals surface area (Å²) in [6.07, 6.45) is 1.47. The molecule has 2 aromatic rings. The summed E-state index contributed by atoms with van der Waals surface area (Å²) in [5.74, 6) is 0.692. The smallest absolute Gasteiger partial charge is 0.203 e. The van der Waals surface area contributed by atoms with Gasteiger partial charge in [-0.3, -0.25) is 5.10 Å². The second-order valence-electron chi connectivity index (χ2n) is 3.51. The van der Waals surface area contributed by atoms with Crippen LogP contribution < -0.4 is 15.2 Å². The Hall–Kier alpha value is -2.08. The van der Waals surface area contributed by atoms with E-state index in [1.54, 1.807) is 6.07 Å². The van der Waals surface area contributed by atoms with E-state index in [-0.39, 0.29) is 11.5 Å². The monoisotopic (exact) mass is 269 g/mol. The van der Waals surface area contributed by atoms with Gasteiger partial charge in [-0.05, 0) is 0 Å². The van der Waals surface area contributed by atoms with Crippen molar-refractivity contribution in [2.24, 2.45) is 0 Å². The van der Waals surface area contributed by atoms with Gasteiger partial charge < -0.3 is 20.3 Å². The molecule has 1 heterocycles. The summed E-state index contributed by atoms with van der Waals surface area (Å²) < 4.78 is 10.2. The highest BCUT2D eigenvalue weighted by Gasteiger charge is 2.21. The van der Waals surface area contributed by atoms with Gasteiger partial charge in [-0.1, -0.05) is 11.6 Å². The number of phenols is 1. The fourth-order valence-electron chi connectivity index (χ4n) is 1.70. The third-order valence-corrected chi connectivity index (χ3v) is 2.83. The van der Waals surface area contributed by atoms with Crippen molar-refractivity contribution in [3.8, 4) is 28.4 Å². The van der Waals surface area contributed by atoms with Gasteiger partial charge in [0.05, 0.1) is 31.0 Å². The molecule has 0 atom stereocenters. The number of rotatable bonds is 3. The molecular weight excluding hydrogens is 258 g/mol. The van der Waals surface area contributed by atoms with Gasteiger partial charge in [0.25, 0.3) is 0 Å². The molecule has 0 radical (unpaired) electrons. The molecule has 0 aliphatic carbocycles. The number of halogens is 1. The number of nitrogens with two attached hydrogens (primary N) is 1. The number of anilines is 1. The van der Waals surface area contributed by atoms with E-state index in [0.717, 1.165) is 0 Å². The lowest BCUT2D eigenvalue weighted by Gasteiger charge is -2.14. The summed E-state index contributed by atoms with van der Waals surface area (Å²) in [6, 6.07) is 1.54. The molecule has 0 spiro atoms. The quantitative estimate of drug-likeness (QED) is 0.793. The molecular formula is C11H12ClN3O3. The van der Waals surface area contributed by atoms with Crippen LogP contribution in [0.3, 0.4) is 0 Å². The molecule has 0 unspecified atom stereocenters. The minimum absolute atomic E-state index is 0.144. The van der Waals surface area contributed by atoms with E-state index in [9.17, 15) is 5.11 Å². The minimum atomic E-state index is -0.144. The SMILES string of the molecule is COc1cc(Cl)c(-c2cn[nH]c2N)c(O)c1OC. The first-order chi connectivity index (χ1) is 8.60. The summed E-state index contributed by atoms with van der Waals surface area (Å²) >= 11 is 6.11. The van der Waals surface area contributed by atoms with Crippen LogP contribution in [0.1, 0.15) is 0 Å². The standard InChI is InChI=1S/C11H12ClN3O3/c1-17-7-3-6(12)8(9(16)10(7)18-2)5-4-14-15-11(5)13/h3-4,16H,1-2H3,(H3,13,14,15). The van der Waals surface area contributed by atoms with Crippen LogP contribution in [-0.4, -0.2) is 29.5 Å². The van der Waals surface area contributed by atoms with Crippen LogP contribution in [-0.2, 0) is 0 Å². The molecule has 0 saturated heterocycles. The van der Waals surface area contributed by atoms with Gasteiger partial charge in [-0.15, -0.1) is 0 Å². The van der Waals surface area contributed by atoms with Crippen LogP contribution in [0, 0.1) is 0 Å². The Kier molecular flexibility index (Phi) is 3.20. The number of benzene rings is 1. The largest absolute Gasteiger partial charge is 0.504 e. The van der Waals surface area contributed by atoms with Crippen molar-refractivity contribution in [3.05, 3.63) is 17.3 Å². The van der Waals surface area contributed by atoms with Crippen molar-refractivity contribution in [2.45, 2.75) is 0 Å². The summed E-state index contributed by atoms with van der Waals surface area (Å²) in [6.45, 7) is 0. The Morgan fingerprint density at radius 3 is 2.61 bits per heavy atom. The van der Waals surface area contributed by atoms with Crippen LogP contribution in [0.4, 0.5) is 5.82 Å². The molecule has 0 fully saturated rings. The lowest BCUT2D eigenvalue weighted by molar-refractivity contribution is 0.334. The van der Waals surface area contributed by atoms with Gasteiger partial charge in [0, 0.05) is 11.6 Å². The van der Waals surface area contributed by atoms with Gasteiger partial charge in [0.15, 0.2) is 11.5 Å². The van der Waals surface area contributed by atoms with Crippen molar-refractivity contribution in [2.75, 3.05) is 20.0 Å². The second kappa shape index (κ2) is 4.66. The van der Waals surface area contributed by atoms with Gasteiger partial charge >= 0.3 is 0 Å². The Labute approximate surface area is 108 Å². The van der Waals surface area contributed by atoms with Crippen molar-refractivity contribution >= 4 is 17.4 Å². The Balaban J connectivity index is 2.73. The molecule has 96 valence electrons. The molecule has 7 heteroatoms. The van der Waals surface area contributed by atoms with Crippen LogP contribution in [0.5, 0.6) is 17.2 Å². The number of hydrogen-bond acceptors (Lipinski definition) is 5. The average Bonchev–Trinajstić information content (AvgIpc) is 2.75. The van der Waals surface area contributed by atoms with Crippen LogP contribution >= 0.6 is 11.6 Å². The number of nitrogen functional groups attached to an aromatic ring is 1. The predicted molar refractivity (Wildman–Crippen MR) is 68.2 cm³/mol. The molecule has 0 bridgehead atoms. The lowest BCUT2D eigenvalue weighted by atomic mass is 10.1. The van der Waals surface area contributed by atoms with E-state index in [1.807, 2.05) is 0 Å². The molecule has 2 rings (SSSR count).